The number of benzene rings is 1. The molecule has 0 saturated heterocycles. The van der Waals surface area contributed by atoms with E-state index >= 15 is 0 Å². The second kappa shape index (κ2) is 10.9. The third-order valence-electron chi connectivity index (χ3n) is 5.74. The molecule has 0 saturated carbocycles. The highest BCUT2D eigenvalue weighted by atomic mass is 16.5. The lowest BCUT2D eigenvalue weighted by atomic mass is 9.99. The molecule has 0 radical (unpaired) electrons. The largest absolute Gasteiger partial charge is 0.494 e. The van der Waals surface area contributed by atoms with Gasteiger partial charge < -0.3 is 15.0 Å². The Morgan fingerprint density at radius 2 is 2.03 bits per heavy atom. The number of likely N-dealkylation sites (N-methyl/N-ethyl adjacent to an activating group) is 1. The summed E-state index contributed by atoms with van der Waals surface area (Å²) in [5.74, 6) is 0.937. The standard InChI is InChI=1S/C26H30N4O2/c1-30-14-10-22-17-24(7-8-25(22)26(30)31)32-15-3-12-28-19-21-9-13-29-23(16-21)6-5-20-4-2-11-27-18-20/h2,4,7-9,11,13,16-18,28H,3,5-6,10,12,14-15,19H2,1H3. The van der Waals surface area contributed by atoms with Crippen LogP contribution in [-0.4, -0.2) is 47.5 Å². The first-order valence-corrected chi connectivity index (χ1v) is 11.2. The second-order valence-electron chi connectivity index (χ2n) is 8.19. The van der Waals surface area contributed by atoms with Crippen LogP contribution in [0.25, 0.3) is 0 Å². The number of rotatable bonds is 10. The van der Waals surface area contributed by atoms with E-state index in [1.54, 1.807) is 11.1 Å². The van der Waals surface area contributed by atoms with Crippen molar-refractivity contribution in [1.29, 1.82) is 0 Å². The van der Waals surface area contributed by atoms with Crippen LogP contribution in [0.2, 0.25) is 0 Å². The van der Waals surface area contributed by atoms with Gasteiger partial charge in [-0.2, -0.15) is 0 Å². The minimum atomic E-state index is 0.0957. The van der Waals surface area contributed by atoms with Gasteiger partial charge in [0.15, 0.2) is 0 Å². The molecule has 1 aliphatic heterocycles. The first-order chi connectivity index (χ1) is 15.7. The van der Waals surface area contributed by atoms with Gasteiger partial charge in [0.1, 0.15) is 5.75 Å². The van der Waals surface area contributed by atoms with Gasteiger partial charge in [-0.15, -0.1) is 0 Å². The van der Waals surface area contributed by atoms with Crippen LogP contribution < -0.4 is 10.1 Å². The normalized spacial score (nSPS) is 13.2. The summed E-state index contributed by atoms with van der Waals surface area (Å²) in [5.41, 5.74) is 5.46. The molecule has 1 aromatic carbocycles. The van der Waals surface area contributed by atoms with Gasteiger partial charge in [0, 0.05) is 50.0 Å². The number of aryl methyl sites for hydroxylation is 2. The summed E-state index contributed by atoms with van der Waals surface area (Å²) in [6.07, 6.45) is 9.25. The van der Waals surface area contributed by atoms with E-state index in [-0.39, 0.29) is 5.91 Å². The average molecular weight is 431 g/mol. The van der Waals surface area contributed by atoms with Crippen molar-refractivity contribution in [3.63, 3.8) is 0 Å². The Bertz CT molecular complexity index is 1040. The number of nitrogens with zero attached hydrogens (tertiary/aromatic N) is 3. The second-order valence-corrected chi connectivity index (χ2v) is 8.19. The summed E-state index contributed by atoms with van der Waals surface area (Å²) in [4.78, 5) is 22.6. The van der Waals surface area contributed by atoms with Gasteiger partial charge in [-0.25, -0.2) is 0 Å². The lowest BCUT2D eigenvalue weighted by molar-refractivity contribution is 0.0781. The first kappa shape index (κ1) is 22.0. The van der Waals surface area contributed by atoms with Crippen molar-refractivity contribution in [2.45, 2.75) is 32.2 Å². The van der Waals surface area contributed by atoms with Gasteiger partial charge >= 0.3 is 0 Å². The van der Waals surface area contributed by atoms with Crippen molar-refractivity contribution in [3.05, 3.63) is 89.0 Å². The summed E-state index contributed by atoms with van der Waals surface area (Å²) >= 11 is 0. The zero-order chi connectivity index (χ0) is 22.2. The molecule has 0 spiro atoms. The van der Waals surface area contributed by atoms with Gasteiger partial charge in [-0.1, -0.05) is 6.07 Å². The third-order valence-corrected chi connectivity index (χ3v) is 5.74. The molecular weight excluding hydrogens is 400 g/mol. The molecule has 2 aromatic heterocycles. The Labute approximate surface area is 189 Å². The number of fused-ring (bicyclic) bond motifs is 1. The highest BCUT2D eigenvalue weighted by Gasteiger charge is 2.21. The quantitative estimate of drug-likeness (QED) is 0.499. The minimum Gasteiger partial charge on any atom is -0.494 e. The fourth-order valence-electron chi connectivity index (χ4n) is 3.88. The summed E-state index contributed by atoms with van der Waals surface area (Å²) in [6.45, 7) is 3.10. The van der Waals surface area contributed by atoms with Crippen molar-refractivity contribution in [2.24, 2.45) is 0 Å². The van der Waals surface area contributed by atoms with E-state index in [0.717, 1.165) is 67.9 Å². The van der Waals surface area contributed by atoms with E-state index in [4.69, 9.17) is 4.74 Å². The number of pyridine rings is 2. The summed E-state index contributed by atoms with van der Waals surface area (Å²) in [5, 5.41) is 3.48. The van der Waals surface area contributed by atoms with Gasteiger partial charge in [0.25, 0.3) is 5.91 Å². The van der Waals surface area contributed by atoms with E-state index in [1.165, 1.54) is 11.1 Å². The maximum atomic E-state index is 12.2. The van der Waals surface area contributed by atoms with Gasteiger partial charge in [-0.05, 0) is 85.3 Å². The molecule has 166 valence electrons. The van der Waals surface area contributed by atoms with E-state index in [9.17, 15) is 4.79 Å². The molecule has 0 aliphatic carbocycles. The lowest BCUT2D eigenvalue weighted by Crippen LogP contribution is -2.34. The molecule has 32 heavy (non-hydrogen) atoms. The topological polar surface area (TPSA) is 67.3 Å². The van der Waals surface area contributed by atoms with Crippen LogP contribution >= 0.6 is 0 Å². The Balaban J connectivity index is 1.16. The Morgan fingerprint density at radius 1 is 1.09 bits per heavy atom. The number of carbonyl (C=O) groups excluding carboxylic acids is 1. The molecule has 1 aliphatic rings. The molecule has 0 bridgehead atoms. The maximum Gasteiger partial charge on any atom is 0.253 e. The maximum absolute atomic E-state index is 12.2. The molecular formula is C26H30N4O2. The molecule has 1 N–H and O–H groups in total. The smallest absolute Gasteiger partial charge is 0.253 e. The molecule has 0 unspecified atom stereocenters. The molecule has 1 amide bonds. The van der Waals surface area contributed by atoms with E-state index in [1.807, 2.05) is 43.7 Å². The Morgan fingerprint density at radius 3 is 2.91 bits per heavy atom. The number of carbonyl (C=O) groups is 1. The van der Waals surface area contributed by atoms with Crippen molar-refractivity contribution >= 4 is 5.91 Å². The number of aromatic nitrogens is 2. The fourth-order valence-corrected chi connectivity index (χ4v) is 3.88. The molecule has 4 rings (SSSR count). The summed E-state index contributed by atoms with van der Waals surface area (Å²) < 4.78 is 5.90. The van der Waals surface area contributed by atoms with E-state index in [2.05, 4.69) is 33.5 Å². The van der Waals surface area contributed by atoms with Crippen LogP contribution in [0.3, 0.4) is 0 Å². The molecule has 3 aromatic rings. The zero-order valence-corrected chi connectivity index (χ0v) is 18.6. The Hall–Kier alpha value is -3.25. The number of amides is 1. The lowest BCUT2D eigenvalue weighted by Gasteiger charge is -2.25. The van der Waals surface area contributed by atoms with E-state index in [0.29, 0.717) is 6.61 Å². The van der Waals surface area contributed by atoms with Crippen molar-refractivity contribution in [2.75, 3.05) is 26.7 Å². The van der Waals surface area contributed by atoms with E-state index < -0.39 is 0 Å². The van der Waals surface area contributed by atoms with Crippen LogP contribution in [0.15, 0.2) is 61.1 Å². The number of hydrogen-bond donors (Lipinski definition) is 1. The highest BCUT2D eigenvalue weighted by molar-refractivity contribution is 5.96. The number of hydrogen-bond acceptors (Lipinski definition) is 5. The summed E-state index contributed by atoms with van der Waals surface area (Å²) in [6, 6.07) is 14.1. The Kier molecular flexibility index (Phi) is 7.46. The SMILES string of the molecule is CN1CCc2cc(OCCCNCc3ccnc(CCc4cccnc4)c3)ccc2C1=O. The third kappa shape index (κ3) is 5.92. The fraction of sp³-hybridized carbons (Fsp3) is 0.346. The number of ether oxygens (including phenoxy) is 1. The van der Waals surface area contributed by atoms with Gasteiger partial charge in [-0.3, -0.25) is 14.8 Å². The summed E-state index contributed by atoms with van der Waals surface area (Å²) in [7, 11) is 1.85. The van der Waals surface area contributed by atoms with Crippen LogP contribution in [0.1, 0.15) is 39.2 Å². The van der Waals surface area contributed by atoms with Crippen molar-refractivity contribution < 1.29 is 9.53 Å². The van der Waals surface area contributed by atoms with Gasteiger partial charge in [0.2, 0.25) is 0 Å². The first-order valence-electron chi connectivity index (χ1n) is 11.2. The zero-order valence-electron chi connectivity index (χ0n) is 18.6. The molecule has 6 heteroatoms. The monoisotopic (exact) mass is 430 g/mol. The average Bonchev–Trinajstić information content (AvgIpc) is 2.83. The van der Waals surface area contributed by atoms with Crippen LogP contribution in [0, 0.1) is 0 Å². The molecule has 0 fully saturated rings. The predicted octanol–water partition coefficient (Wildman–Crippen LogP) is 3.45. The van der Waals surface area contributed by atoms with Crippen LogP contribution in [0.4, 0.5) is 0 Å². The van der Waals surface area contributed by atoms with Crippen molar-refractivity contribution in [1.82, 2.24) is 20.2 Å². The number of nitrogens with one attached hydrogen (secondary N) is 1. The van der Waals surface area contributed by atoms with Crippen LogP contribution in [0.5, 0.6) is 5.75 Å². The van der Waals surface area contributed by atoms with Crippen LogP contribution in [-0.2, 0) is 25.8 Å². The van der Waals surface area contributed by atoms with Gasteiger partial charge in [0.05, 0.1) is 6.61 Å². The molecule has 0 atom stereocenters. The van der Waals surface area contributed by atoms with Crippen molar-refractivity contribution in [3.8, 4) is 5.75 Å². The predicted molar refractivity (Wildman–Crippen MR) is 125 cm³/mol. The minimum absolute atomic E-state index is 0.0957. The molecule has 3 heterocycles. The highest BCUT2D eigenvalue weighted by Crippen LogP contribution is 2.23. The molecule has 6 nitrogen and oxygen atoms in total.